The first kappa shape index (κ1) is 14.0. The number of nitrogens with one attached hydrogen (secondary N) is 1. The van der Waals surface area contributed by atoms with E-state index in [0.29, 0.717) is 19.3 Å². The van der Waals surface area contributed by atoms with Crippen LogP contribution in [0.4, 0.5) is 0 Å². The second-order valence-corrected chi connectivity index (χ2v) is 4.91. The number of hydrogen-bond donors (Lipinski definition) is 2. The van der Waals surface area contributed by atoms with Crippen molar-refractivity contribution in [2.75, 3.05) is 13.7 Å². The molecule has 0 bridgehead atoms. The zero-order valence-corrected chi connectivity index (χ0v) is 10.7. The summed E-state index contributed by atoms with van der Waals surface area (Å²) in [5.41, 5.74) is -1.62. The van der Waals surface area contributed by atoms with E-state index in [2.05, 4.69) is 5.32 Å². The first-order valence-corrected chi connectivity index (χ1v) is 5.97. The topological polar surface area (TPSA) is 75.6 Å². The molecule has 17 heavy (non-hydrogen) atoms. The van der Waals surface area contributed by atoms with Gasteiger partial charge in [0.25, 0.3) is 5.91 Å². The molecule has 0 saturated heterocycles. The Morgan fingerprint density at radius 3 is 2.35 bits per heavy atom. The fourth-order valence-electron chi connectivity index (χ4n) is 1.90. The van der Waals surface area contributed by atoms with Crippen LogP contribution in [-0.2, 0) is 14.3 Å². The largest absolute Gasteiger partial charge is 0.481 e. The molecule has 1 unspecified atom stereocenters. The van der Waals surface area contributed by atoms with E-state index in [0.717, 1.165) is 6.42 Å². The lowest BCUT2D eigenvalue weighted by Crippen LogP contribution is -2.52. The second-order valence-electron chi connectivity index (χ2n) is 4.91. The molecule has 0 aliphatic heterocycles. The maximum absolute atomic E-state index is 11.9. The molecule has 98 valence electrons. The zero-order chi connectivity index (χ0) is 13.1. The summed E-state index contributed by atoms with van der Waals surface area (Å²) in [6.45, 7) is 3.76. The zero-order valence-electron chi connectivity index (χ0n) is 10.7. The predicted molar refractivity (Wildman–Crippen MR) is 62.6 cm³/mol. The minimum atomic E-state index is -0.872. The van der Waals surface area contributed by atoms with Gasteiger partial charge in [0.05, 0.1) is 5.41 Å². The highest BCUT2D eigenvalue weighted by molar-refractivity contribution is 5.85. The van der Waals surface area contributed by atoms with Gasteiger partial charge >= 0.3 is 5.97 Å². The van der Waals surface area contributed by atoms with Crippen molar-refractivity contribution >= 4 is 11.9 Å². The molecule has 5 nitrogen and oxygen atoms in total. The maximum Gasteiger partial charge on any atom is 0.311 e. The summed E-state index contributed by atoms with van der Waals surface area (Å²) >= 11 is 0. The lowest BCUT2D eigenvalue weighted by Gasteiger charge is -2.38. The highest BCUT2D eigenvalue weighted by atomic mass is 16.5. The van der Waals surface area contributed by atoms with Crippen LogP contribution in [-0.4, -0.2) is 36.2 Å². The van der Waals surface area contributed by atoms with Gasteiger partial charge in [0.15, 0.2) is 0 Å². The minimum absolute atomic E-state index is 0.195. The van der Waals surface area contributed by atoms with Gasteiger partial charge in [-0.2, -0.15) is 0 Å². The Kier molecular flexibility index (Phi) is 4.14. The molecule has 0 aromatic carbocycles. The molecular weight excluding hydrogens is 222 g/mol. The summed E-state index contributed by atoms with van der Waals surface area (Å²) in [7, 11) is 1.49. The smallest absolute Gasteiger partial charge is 0.311 e. The van der Waals surface area contributed by atoms with E-state index in [9.17, 15) is 9.59 Å². The third-order valence-electron chi connectivity index (χ3n) is 3.96. The third kappa shape index (κ3) is 2.60. The lowest BCUT2D eigenvalue weighted by atomic mass is 9.68. The SMILES string of the molecule is CCC(C)(OC)C(=O)NCC1(C(=O)O)CCC1. The highest BCUT2D eigenvalue weighted by Gasteiger charge is 2.45. The van der Waals surface area contributed by atoms with E-state index in [1.807, 2.05) is 6.92 Å². The van der Waals surface area contributed by atoms with Crippen LogP contribution in [0.3, 0.4) is 0 Å². The summed E-state index contributed by atoms with van der Waals surface area (Å²) in [5.74, 6) is -1.06. The van der Waals surface area contributed by atoms with Gasteiger partial charge < -0.3 is 15.2 Å². The molecular formula is C12H21NO4. The Bertz CT molecular complexity index is 306. The number of rotatable bonds is 6. The van der Waals surface area contributed by atoms with E-state index in [4.69, 9.17) is 9.84 Å². The van der Waals surface area contributed by atoms with Crippen molar-refractivity contribution in [2.24, 2.45) is 5.41 Å². The Balaban J connectivity index is 2.56. The molecule has 0 spiro atoms. The fourth-order valence-corrected chi connectivity index (χ4v) is 1.90. The number of methoxy groups -OCH3 is 1. The Morgan fingerprint density at radius 1 is 1.47 bits per heavy atom. The third-order valence-corrected chi connectivity index (χ3v) is 3.96. The van der Waals surface area contributed by atoms with Crippen LogP contribution in [0.2, 0.25) is 0 Å². The van der Waals surface area contributed by atoms with E-state index in [1.165, 1.54) is 7.11 Å². The van der Waals surface area contributed by atoms with Crippen molar-refractivity contribution in [1.82, 2.24) is 5.32 Å². The average molecular weight is 243 g/mol. The molecule has 1 saturated carbocycles. The standard InChI is InChI=1S/C12H21NO4/c1-4-11(2,17-3)9(14)13-8-12(10(15)16)6-5-7-12/h4-8H2,1-3H3,(H,13,14)(H,15,16). The van der Waals surface area contributed by atoms with Crippen molar-refractivity contribution < 1.29 is 19.4 Å². The second kappa shape index (κ2) is 5.04. The number of amides is 1. The van der Waals surface area contributed by atoms with Crippen LogP contribution in [0.1, 0.15) is 39.5 Å². The molecule has 0 heterocycles. The van der Waals surface area contributed by atoms with Crippen molar-refractivity contribution in [2.45, 2.75) is 45.1 Å². The summed E-state index contributed by atoms with van der Waals surface area (Å²) in [6.07, 6.45) is 2.74. The Morgan fingerprint density at radius 2 is 2.06 bits per heavy atom. The van der Waals surface area contributed by atoms with Crippen molar-refractivity contribution in [3.05, 3.63) is 0 Å². The van der Waals surface area contributed by atoms with Gasteiger partial charge in [0, 0.05) is 13.7 Å². The van der Waals surface area contributed by atoms with Gasteiger partial charge in [-0.3, -0.25) is 9.59 Å². The number of carboxylic acids is 1. The molecule has 5 heteroatoms. The van der Waals surface area contributed by atoms with Crippen LogP contribution >= 0.6 is 0 Å². The van der Waals surface area contributed by atoms with Crippen LogP contribution in [0.25, 0.3) is 0 Å². The van der Waals surface area contributed by atoms with Crippen molar-refractivity contribution in [1.29, 1.82) is 0 Å². The van der Waals surface area contributed by atoms with Gasteiger partial charge in [-0.15, -0.1) is 0 Å². The summed E-state index contributed by atoms with van der Waals surface area (Å²) in [4.78, 5) is 23.0. The number of aliphatic carboxylic acids is 1. The summed E-state index contributed by atoms with van der Waals surface area (Å²) in [5, 5.41) is 11.8. The van der Waals surface area contributed by atoms with Gasteiger partial charge in [-0.1, -0.05) is 13.3 Å². The summed E-state index contributed by atoms with van der Waals surface area (Å²) < 4.78 is 5.17. The molecule has 0 aromatic heterocycles. The molecule has 0 aromatic rings. The molecule has 1 fully saturated rings. The Labute approximate surface area is 102 Å². The van der Waals surface area contributed by atoms with E-state index in [-0.39, 0.29) is 12.5 Å². The molecule has 1 atom stereocenters. The minimum Gasteiger partial charge on any atom is -0.481 e. The van der Waals surface area contributed by atoms with Crippen molar-refractivity contribution in [3.63, 3.8) is 0 Å². The quantitative estimate of drug-likeness (QED) is 0.734. The van der Waals surface area contributed by atoms with Crippen molar-refractivity contribution in [3.8, 4) is 0 Å². The lowest BCUT2D eigenvalue weighted by molar-refractivity contribution is -0.155. The average Bonchev–Trinajstić information content (AvgIpc) is 2.25. The van der Waals surface area contributed by atoms with Crippen LogP contribution in [0.15, 0.2) is 0 Å². The van der Waals surface area contributed by atoms with Gasteiger partial charge in [-0.05, 0) is 26.2 Å². The number of hydrogen-bond acceptors (Lipinski definition) is 3. The van der Waals surface area contributed by atoms with Gasteiger partial charge in [-0.25, -0.2) is 0 Å². The van der Waals surface area contributed by atoms with E-state index >= 15 is 0 Å². The van der Waals surface area contributed by atoms with Crippen LogP contribution in [0, 0.1) is 5.41 Å². The van der Waals surface area contributed by atoms with E-state index < -0.39 is 17.0 Å². The number of carboxylic acid groups (broad SMARTS) is 1. The number of carbonyl (C=O) groups excluding carboxylic acids is 1. The normalized spacial score (nSPS) is 21.1. The van der Waals surface area contributed by atoms with Crippen LogP contribution < -0.4 is 5.32 Å². The first-order valence-electron chi connectivity index (χ1n) is 5.97. The molecule has 1 amide bonds. The first-order chi connectivity index (χ1) is 7.90. The van der Waals surface area contributed by atoms with Gasteiger partial charge in [0.2, 0.25) is 0 Å². The Hall–Kier alpha value is -1.10. The summed E-state index contributed by atoms with van der Waals surface area (Å²) in [6, 6.07) is 0. The van der Waals surface area contributed by atoms with Crippen LogP contribution in [0.5, 0.6) is 0 Å². The molecule has 1 aliphatic rings. The fraction of sp³-hybridized carbons (Fsp3) is 0.833. The molecule has 2 N–H and O–H groups in total. The molecule has 0 radical (unpaired) electrons. The predicted octanol–water partition coefficient (Wildman–Crippen LogP) is 1.17. The monoisotopic (exact) mass is 243 g/mol. The van der Waals surface area contributed by atoms with E-state index in [1.54, 1.807) is 6.92 Å². The highest BCUT2D eigenvalue weighted by Crippen LogP contribution is 2.40. The molecule has 1 rings (SSSR count). The molecule has 1 aliphatic carbocycles. The maximum atomic E-state index is 11.9. The number of carbonyl (C=O) groups is 2. The number of ether oxygens (including phenoxy) is 1. The van der Waals surface area contributed by atoms with Gasteiger partial charge in [0.1, 0.15) is 5.60 Å².